The molecular weight excluding hydrogens is 258 g/mol. The maximum atomic E-state index is 6.09. The van der Waals surface area contributed by atoms with Crippen molar-refractivity contribution in [2.45, 2.75) is 98.1 Å². The molecule has 1 aromatic heterocycles. The van der Waals surface area contributed by atoms with Crippen molar-refractivity contribution in [3.63, 3.8) is 0 Å². The Bertz CT molecular complexity index is 395. The molecular formula is C18H35N3. The molecule has 1 rings (SSSR count). The van der Waals surface area contributed by atoms with E-state index >= 15 is 0 Å². The zero-order chi connectivity index (χ0) is 15.7. The highest BCUT2D eigenvalue weighted by Crippen LogP contribution is 2.17. The van der Waals surface area contributed by atoms with E-state index in [-0.39, 0.29) is 6.04 Å². The van der Waals surface area contributed by atoms with E-state index in [2.05, 4.69) is 32.4 Å². The first-order valence-electron chi connectivity index (χ1n) is 8.88. The van der Waals surface area contributed by atoms with Crippen molar-refractivity contribution in [3.05, 3.63) is 17.0 Å². The molecule has 3 nitrogen and oxygen atoms in total. The van der Waals surface area contributed by atoms with Crippen LogP contribution in [0.25, 0.3) is 0 Å². The minimum absolute atomic E-state index is 0.263. The molecule has 0 fully saturated rings. The molecule has 0 amide bonds. The molecule has 0 aromatic carbocycles. The van der Waals surface area contributed by atoms with E-state index in [9.17, 15) is 0 Å². The standard InChI is InChI=1S/C18H35N3/c1-5-7-8-9-10-11-12-13-21-16(4)18(15(3)20-21)14-17(19)6-2/h17H,5-14,19H2,1-4H3. The lowest BCUT2D eigenvalue weighted by Gasteiger charge is -2.09. The van der Waals surface area contributed by atoms with E-state index in [1.807, 2.05) is 0 Å². The van der Waals surface area contributed by atoms with Gasteiger partial charge in [0.05, 0.1) is 5.69 Å². The number of unbranched alkanes of at least 4 members (excludes halogenated alkanes) is 6. The van der Waals surface area contributed by atoms with Crippen molar-refractivity contribution in [2.75, 3.05) is 0 Å². The van der Waals surface area contributed by atoms with Crippen molar-refractivity contribution in [1.29, 1.82) is 0 Å². The largest absolute Gasteiger partial charge is 0.327 e. The lowest BCUT2D eigenvalue weighted by atomic mass is 10.0. The molecule has 0 saturated carbocycles. The summed E-state index contributed by atoms with van der Waals surface area (Å²) in [6, 6.07) is 0.263. The van der Waals surface area contributed by atoms with Crippen molar-refractivity contribution in [3.8, 4) is 0 Å². The van der Waals surface area contributed by atoms with Crippen molar-refractivity contribution < 1.29 is 0 Å². The number of nitrogens with two attached hydrogens (primary N) is 1. The second kappa shape index (κ2) is 9.99. The van der Waals surface area contributed by atoms with E-state index in [0.717, 1.165) is 19.4 Å². The van der Waals surface area contributed by atoms with Crippen LogP contribution in [0.1, 0.15) is 82.2 Å². The van der Waals surface area contributed by atoms with Gasteiger partial charge in [0.25, 0.3) is 0 Å². The third kappa shape index (κ3) is 6.21. The fourth-order valence-corrected chi connectivity index (χ4v) is 2.87. The zero-order valence-corrected chi connectivity index (χ0v) is 14.6. The normalized spacial score (nSPS) is 12.8. The molecule has 0 aliphatic heterocycles. The van der Waals surface area contributed by atoms with Gasteiger partial charge in [0.15, 0.2) is 0 Å². The van der Waals surface area contributed by atoms with Crippen LogP contribution in [-0.4, -0.2) is 15.8 Å². The maximum Gasteiger partial charge on any atom is 0.0629 e. The van der Waals surface area contributed by atoms with Crippen LogP contribution in [0.2, 0.25) is 0 Å². The topological polar surface area (TPSA) is 43.8 Å². The zero-order valence-electron chi connectivity index (χ0n) is 14.6. The average molecular weight is 293 g/mol. The summed E-state index contributed by atoms with van der Waals surface area (Å²) in [6.07, 6.45) is 11.4. The van der Waals surface area contributed by atoms with Gasteiger partial charge < -0.3 is 5.73 Å². The fourth-order valence-electron chi connectivity index (χ4n) is 2.87. The smallest absolute Gasteiger partial charge is 0.0629 e. The number of hydrogen-bond acceptors (Lipinski definition) is 2. The molecule has 21 heavy (non-hydrogen) atoms. The van der Waals surface area contributed by atoms with Crippen molar-refractivity contribution in [2.24, 2.45) is 5.73 Å². The van der Waals surface area contributed by atoms with E-state index < -0.39 is 0 Å². The lowest BCUT2D eigenvalue weighted by Crippen LogP contribution is -2.22. The molecule has 0 spiro atoms. The Kier molecular flexibility index (Phi) is 8.67. The Labute approximate surface area is 131 Å². The second-order valence-corrected chi connectivity index (χ2v) is 6.37. The van der Waals surface area contributed by atoms with Crippen LogP contribution in [0.3, 0.4) is 0 Å². The number of rotatable bonds is 11. The minimum atomic E-state index is 0.263. The predicted octanol–water partition coefficient (Wildman–Crippen LogP) is 4.53. The van der Waals surface area contributed by atoms with Crippen molar-refractivity contribution >= 4 is 0 Å². The van der Waals surface area contributed by atoms with Crippen LogP contribution in [0, 0.1) is 13.8 Å². The summed E-state index contributed by atoms with van der Waals surface area (Å²) < 4.78 is 2.19. The van der Waals surface area contributed by atoms with E-state index in [1.165, 1.54) is 61.9 Å². The first kappa shape index (κ1) is 18.2. The van der Waals surface area contributed by atoms with Gasteiger partial charge in [0.2, 0.25) is 0 Å². The van der Waals surface area contributed by atoms with Crippen LogP contribution < -0.4 is 5.73 Å². The summed E-state index contributed by atoms with van der Waals surface area (Å²) >= 11 is 0. The highest BCUT2D eigenvalue weighted by Gasteiger charge is 2.13. The van der Waals surface area contributed by atoms with Gasteiger partial charge in [-0.15, -0.1) is 0 Å². The van der Waals surface area contributed by atoms with Gasteiger partial charge in [-0.1, -0.05) is 52.4 Å². The first-order chi connectivity index (χ1) is 10.1. The third-order valence-electron chi connectivity index (χ3n) is 4.50. The highest BCUT2D eigenvalue weighted by atomic mass is 15.3. The quantitative estimate of drug-likeness (QED) is 0.609. The molecule has 1 heterocycles. The van der Waals surface area contributed by atoms with Gasteiger partial charge in [0.1, 0.15) is 0 Å². The lowest BCUT2D eigenvalue weighted by molar-refractivity contribution is 0.514. The Balaban J connectivity index is 2.37. The second-order valence-electron chi connectivity index (χ2n) is 6.37. The molecule has 0 aliphatic carbocycles. The summed E-state index contributed by atoms with van der Waals surface area (Å²) in [6.45, 7) is 9.79. The number of aryl methyl sites for hydroxylation is 2. The van der Waals surface area contributed by atoms with E-state index in [0.29, 0.717) is 0 Å². The van der Waals surface area contributed by atoms with Crippen LogP contribution in [-0.2, 0) is 13.0 Å². The SMILES string of the molecule is CCCCCCCCCn1nc(C)c(CC(N)CC)c1C. The summed E-state index contributed by atoms with van der Waals surface area (Å²) in [4.78, 5) is 0. The molecule has 0 saturated heterocycles. The fraction of sp³-hybridized carbons (Fsp3) is 0.833. The predicted molar refractivity (Wildman–Crippen MR) is 91.7 cm³/mol. The van der Waals surface area contributed by atoms with Gasteiger partial charge in [-0.25, -0.2) is 0 Å². The minimum Gasteiger partial charge on any atom is -0.327 e. The summed E-state index contributed by atoms with van der Waals surface area (Å²) in [5.41, 5.74) is 9.95. The molecule has 0 aliphatic rings. The molecule has 3 heteroatoms. The van der Waals surface area contributed by atoms with Crippen molar-refractivity contribution in [1.82, 2.24) is 9.78 Å². The molecule has 1 atom stereocenters. The molecule has 122 valence electrons. The third-order valence-corrected chi connectivity index (χ3v) is 4.50. The summed E-state index contributed by atoms with van der Waals surface area (Å²) in [7, 11) is 0. The number of nitrogens with zero attached hydrogens (tertiary/aromatic N) is 2. The van der Waals surface area contributed by atoms with Crippen LogP contribution in [0.5, 0.6) is 0 Å². The van der Waals surface area contributed by atoms with Crippen LogP contribution >= 0.6 is 0 Å². The van der Waals surface area contributed by atoms with Gasteiger partial charge in [-0.3, -0.25) is 4.68 Å². The molecule has 0 radical (unpaired) electrons. The summed E-state index contributed by atoms with van der Waals surface area (Å²) in [5, 5.41) is 4.71. The van der Waals surface area contributed by atoms with Gasteiger partial charge in [-0.05, 0) is 38.7 Å². The van der Waals surface area contributed by atoms with Crippen LogP contribution in [0.15, 0.2) is 0 Å². The van der Waals surface area contributed by atoms with E-state index in [4.69, 9.17) is 10.8 Å². The number of hydrogen-bond donors (Lipinski definition) is 1. The molecule has 2 N–H and O–H groups in total. The average Bonchev–Trinajstić information content (AvgIpc) is 2.74. The number of aromatic nitrogens is 2. The molecule has 0 bridgehead atoms. The molecule has 1 aromatic rings. The highest BCUT2D eigenvalue weighted by molar-refractivity contribution is 5.25. The van der Waals surface area contributed by atoms with Gasteiger partial charge in [0, 0.05) is 18.3 Å². The van der Waals surface area contributed by atoms with Gasteiger partial charge >= 0.3 is 0 Å². The monoisotopic (exact) mass is 293 g/mol. The van der Waals surface area contributed by atoms with E-state index in [1.54, 1.807) is 0 Å². The van der Waals surface area contributed by atoms with Crippen LogP contribution in [0.4, 0.5) is 0 Å². The Morgan fingerprint density at radius 3 is 2.24 bits per heavy atom. The maximum absolute atomic E-state index is 6.09. The Hall–Kier alpha value is -0.830. The molecule has 1 unspecified atom stereocenters. The summed E-state index contributed by atoms with van der Waals surface area (Å²) in [5.74, 6) is 0. The van der Waals surface area contributed by atoms with Gasteiger partial charge in [-0.2, -0.15) is 5.10 Å². The first-order valence-corrected chi connectivity index (χ1v) is 8.88. The Morgan fingerprint density at radius 2 is 1.62 bits per heavy atom. The Morgan fingerprint density at radius 1 is 1.00 bits per heavy atom.